The molecule has 2 heteroatoms. The molecule has 0 saturated heterocycles. The van der Waals surface area contributed by atoms with Gasteiger partial charge in [-0.3, -0.25) is 0 Å². The molecule has 0 atom stereocenters. The van der Waals surface area contributed by atoms with Gasteiger partial charge in [0.1, 0.15) is 0 Å². The van der Waals surface area contributed by atoms with Crippen molar-refractivity contribution in [2.45, 2.75) is 27.2 Å². The van der Waals surface area contributed by atoms with Crippen LogP contribution in [0.15, 0.2) is 18.2 Å². The molecule has 0 aliphatic carbocycles. The zero-order valence-electron chi connectivity index (χ0n) is 8.35. The van der Waals surface area contributed by atoms with Gasteiger partial charge in [0.25, 0.3) is 0 Å². The molecule has 0 fully saturated rings. The van der Waals surface area contributed by atoms with E-state index in [0.29, 0.717) is 0 Å². The summed E-state index contributed by atoms with van der Waals surface area (Å²) in [7, 11) is 0. The first-order valence-electron chi connectivity index (χ1n) is 4.51. The molecule has 1 rings (SSSR count). The summed E-state index contributed by atoms with van der Waals surface area (Å²) in [5.74, 6) is 0. The molecule has 0 amide bonds. The third kappa shape index (κ3) is 2.52. The van der Waals surface area contributed by atoms with Crippen molar-refractivity contribution in [2.75, 3.05) is 5.32 Å². The number of aryl methyl sites for hydroxylation is 2. The van der Waals surface area contributed by atoms with Crippen LogP contribution in [0, 0.1) is 6.92 Å². The topological polar surface area (TPSA) is 12.0 Å². The Morgan fingerprint density at radius 1 is 1.46 bits per heavy atom. The van der Waals surface area contributed by atoms with Crippen molar-refractivity contribution < 1.29 is 0 Å². The van der Waals surface area contributed by atoms with E-state index in [2.05, 4.69) is 37.4 Å². The maximum absolute atomic E-state index is 5.03. The molecule has 0 aliphatic rings. The van der Waals surface area contributed by atoms with Crippen LogP contribution in [-0.4, -0.2) is 4.99 Å². The molecular weight excluding hydrogens is 178 g/mol. The summed E-state index contributed by atoms with van der Waals surface area (Å²) in [6, 6.07) is 6.31. The van der Waals surface area contributed by atoms with E-state index in [1.54, 1.807) is 0 Å². The van der Waals surface area contributed by atoms with Gasteiger partial charge in [0.15, 0.2) is 0 Å². The van der Waals surface area contributed by atoms with Crippen molar-refractivity contribution in [2.24, 2.45) is 0 Å². The Balaban J connectivity index is 3.07. The Morgan fingerprint density at radius 2 is 2.15 bits per heavy atom. The molecular formula is C11H15NS. The first kappa shape index (κ1) is 10.2. The zero-order chi connectivity index (χ0) is 9.84. The molecule has 0 bridgehead atoms. The van der Waals surface area contributed by atoms with Crippen LogP contribution in [0.25, 0.3) is 0 Å². The van der Waals surface area contributed by atoms with Crippen molar-refractivity contribution in [1.82, 2.24) is 0 Å². The number of benzene rings is 1. The summed E-state index contributed by atoms with van der Waals surface area (Å²) in [5, 5.41) is 3.22. The fourth-order valence-corrected chi connectivity index (χ4v) is 1.48. The highest BCUT2D eigenvalue weighted by Crippen LogP contribution is 2.20. The second-order valence-corrected chi connectivity index (χ2v) is 3.76. The van der Waals surface area contributed by atoms with Gasteiger partial charge in [-0.25, -0.2) is 0 Å². The number of thiocarbonyl (C=S) groups is 1. The van der Waals surface area contributed by atoms with Crippen LogP contribution in [-0.2, 0) is 6.42 Å². The lowest BCUT2D eigenvalue weighted by Crippen LogP contribution is -2.07. The molecule has 0 aromatic heterocycles. The van der Waals surface area contributed by atoms with Crippen molar-refractivity contribution in [3.63, 3.8) is 0 Å². The second-order valence-electron chi connectivity index (χ2n) is 3.14. The maximum atomic E-state index is 5.03. The Morgan fingerprint density at radius 3 is 2.69 bits per heavy atom. The largest absolute Gasteiger partial charge is 0.350 e. The Hall–Kier alpha value is -0.890. The van der Waals surface area contributed by atoms with E-state index in [1.807, 2.05) is 6.92 Å². The first-order valence-corrected chi connectivity index (χ1v) is 4.92. The molecule has 1 nitrogen and oxygen atoms in total. The molecule has 1 N–H and O–H groups in total. The summed E-state index contributed by atoms with van der Waals surface area (Å²) < 4.78 is 0. The minimum absolute atomic E-state index is 0.823. The summed E-state index contributed by atoms with van der Waals surface area (Å²) in [6.07, 6.45) is 1.03. The number of rotatable bonds is 2. The Labute approximate surface area is 85.2 Å². The summed E-state index contributed by atoms with van der Waals surface area (Å²) in [6.45, 7) is 6.15. The van der Waals surface area contributed by atoms with Crippen molar-refractivity contribution in [1.29, 1.82) is 0 Å². The SMILES string of the molecule is CCc1cccc(C)c1NC(C)=S. The van der Waals surface area contributed by atoms with Crippen LogP contribution in [0.2, 0.25) is 0 Å². The molecule has 0 aliphatic heterocycles. The Bertz CT molecular complexity index is 318. The monoisotopic (exact) mass is 193 g/mol. The van der Waals surface area contributed by atoms with Crippen LogP contribution in [0.4, 0.5) is 5.69 Å². The standard InChI is InChI=1S/C11H15NS/c1-4-10-7-5-6-8(2)11(10)12-9(3)13/h5-7H,4H2,1-3H3,(H,12,13). The maximum Gasteiger partial charge on any atom is 0.0765 e. The van der Waals surface area contributed by atoms with Gasteiger partial charge in [-0.2, -0.15) is 0 Å². The van der Waals surface area contributed by atoms with Gasteiger partial charge < -0.3 is 5.32 Å². The van der Waals surface area contributed by atoms with E-state index in [4.69, 9.17) is 12.2 Å². The molecule has 13 heavy (non-hydrogen) atoms. The van der Waals surface area contributed by atoms with E-state index in [9.17, 15) is 0 Å². The lowest BCUT2D eigenvalue weighted by molar-refractivity contribution is 1.13. The number of hydrogen-bond donors (Lipinski definition) is 1. The van der Waals surface area contributed by atoms with Gasteiger partial charge >= 0.3 is 0 Å². The summed E-state index contributed by atoms with van der Waals surface area (Å²) in [5.41, 5.74) is 3.75. The fraction of sp³-hybridized carbons (Fsp3) is 0.364. The van der Waals surface area contributed by atoms with Gasteiger partial charge in [-0.15, -0.1) is 0 Å². The highest BCUT2D eigenvalue weighted by Gasteiger charge is 2.02. The molecule has 1 aromatic rings. The van der Waals surface area contributed by atoms with Gasteiger partial charge in [0.2, 0.25) is 0 Å². The van der Waals surface area contributed by atoms with Crippen molar-refractivity contribution >= 4 is 22.9 Å². The molecule has 1 aromatic carbocycles. The van der Waals surface area contributed by atoms with Crippen LogP contribution in [0.1, 0.15) is 25.0 Å². The van der Waals surface area contributed by atoms with Gasteiger partial charge in [-0.05, 0) is 31.4 Å². The number of hydrogen-bond acceptors (Lipinski definition) is 1. The molecule has 0 saturated carbocycles. The van der Waals surface area contributed by atoms with Crippen LogP contribution in [0.5, 0.6) is 0 Å². The fourth-order valence-electron chi connectivity index (χ4n) is 1.38. The quantitative estimate of drug-likeness (QED) is 0.723. The highest BCUT2D eigenvalue weighted by atomic mass is 32.1. The minimum Gasteiger partial charge on any atom is -0.350 e. The smallest absolute Gasteiger partial charge is 0.0765 e. The van der Waals surface area contributed by atoms with Crippen LogP contribution < -0.4 is 5.32 Å². The predicted molar refractivity (Wildman–Crippen MR) is 62.5 cm³/mol. The Kier molecular flexibility index (Phi) is 3.43. The highest BCUT2D eigenvalue weighted by molar-refractivity contribution is 7.80. The van der Waals surface area contributed by atoms with Crippen molar-refractivity contribution in [3.8, 4) is 0 Å². The predicted octanol–water partition coefficient (Wildman–Crippen LogP) is 3.32. The van der Waals surface area contributed by atoms with Gasteiger partial charge in [-0.1, -0.05) is 37.3 Å². The number of anilines is 1. The third-order valence-electron chi connectivity index (χ3n) is 2.04. The minimum atomic E-state index is 0.823. The number of nitrogens with one attached hydrogen (secondary N) is 1. The van der Waals surface area contributed by atoms with E-state index in [0.717, 1.165) is 11.4 Å². The summed E-state index contributed by atoms with van der Waals surface area (Å²) >= 11 is 5.03. The van der Waals surface area contributed by atoms with E-state index < -0.39 is 0 Å². The summed E-state index contributed by atoms with van der Waals surface area (Å²) in [4.78, 5) is 0.823. The molecule has 0 radical (unpaired) electrons. The molecule has 70 valence electrons. The van der Waals surface area contributed by atoms with E-state index >= 15 is 0 Å². The van der Waals surface area contributed by atoms with Crippen molar-refractivity contribution in [3.05, 3.63) is 29.3 Å². The average Bonchev–Trinajstić information content (AvgIpc) is 2.08. The van der Waals surface area contributed by atoms with Gasteiger partial charge in [0, 0.05) is 5.69 Å². The third-order valence-corrected chi connectivity index (χ3v) is 2.14. The van der Waals surface area contributed by atoms with Crippen LogP contribution in [0.3, 0.4) is 0 Å². The molecule has 0 heterocycles. The molecule has 0 spiro atoms. The van der Waals surface area contributed by atoms with E-state index in [-0.39, 0.29) is 0 Å². The van der Waals surface area contributed by atoms with Gasteiger partial charge in [0.05, 0.1) is 4.99 Å². The van der Waals surface area contributed by atoms with Crippen LogP contribution >= 0.6 is 12.2 Å². The lowest BCUT2D eigenvalue weighted by atomic mass is 10.1. The zero-order valence-corrected chi connectivity index (χ0v) is 9.16. The first-order chi connectivity index (χ1) is 6.15. The average molecular weight is 193 g/mol. The molecule has 0 unspecified atom stereocenters. The lowest BCUT2D eigenvalue weighted by Gasteiger charge is -2.12. The normalized spacial score (nSPS) is 9.77. The second kappa shape index (κ2) is 4.38. The van der Waals surface area contributed by atoms with E-state index in [1.165, 1.54) is 16.8 Å². The number of para-hydroxylation sites is 1.